The van der Waals surface area contributed by atoms with Crippen LogP contribution in [0.15, 0.2) is 0 Å². The van der Waals surface area contributed by atoms with Crippen molar-refractivity contribution in [3.05, 3.63) is 0 Å². The molecule has 0 aromatic carbocycles. The van der Waals surface area contributed by atoms with Crippen LogP contribution in [0.5, 0.6) is 0 Å². The molecule has 0 atom stereocenters. The average molecular weight is 112 g/mol. The maximum absolute atomic E-state index is 9.33. The lowest BCUT2D eigenvalue weighted by molar-refractivity contribution is 0.128. The summed E-state index contributed by atoms with van der Waals surface area (Å²) in [5.41, 5.74) is 0. The summed E-state index contributed by atoms with van der Waals surface area (Å²) in [6, 6.07) is 0. The van der Waals surface area contributed by atoms with Gasteiger partial charge in [0.2, 0.25) is 0 Å². The van der Waals surface area contributed by atoms with E-state index in [-0.39, 0.29) is 6.10 Å². The molecule has 2 aliphatic carbocycles. The van der Waals surface area contributed by atoms with Gasteiger partial charge >= 0.3 is 0 Å². The Bertz CT molecular complexity index is 80.6. The molecule has 1 N–H and O–H groups in total. The summed E-state index contributed by atoms with van der Waals surface area (Å²) in [7, 11) is 0. The lowest BCUT2D eigenvalue weighted by Crippen LogP contribution is -2.10. The molecule has 0 saturated heterocycles. The molecule has 0 heterocycles. The van der Waals surface area contributed by atoms with Gasteiger partial charge in [-0.15, -0.1) is 0 Å². The summed E-state index contributed by atoms with van der Waals surface area (Å²) >= 11 is 0. The Kier molecular flexibility index (Phi) is 0.884. The number of aliphatic hydroxyl groups excluding tert-OH is 1. The molecule has 8 heavy (non-hydrogen) atoms. The molecular weight excluding hydrogens is 100 g/mol. The van der Waals surface area contributed by atoms with Crippen LogP contribution >= 0.6 is 0 Å². The molecule has 2 bridgehead atoms. The first-order valence-electron chi connectivity index (χ1n) is 3.56. The summed E-state index contributed by atoms with van der Waals surface area (Å²) in [6.45, 7) is 0. The van der Waals surface area contributed by atoms with Gasteiger partial charge in [-0.2, -0.15) is 0 Å². The molecule has 0 amide bonds. The van der Waals surface area contributed by atoms with Crippen LogP contribution < -0.4 is 0 Å². The molecule has 0 unspecified atom stereocenters. The Labute approximate surface area is 49.7 Å². The quantitative estimate of drug-likeness (QED) is 0.498. The van der Waals surface area contributed by atoms with Crippen molar-refractivity contribution in [3.8, 4) is 0 Å². The van der Waals surface area contributed by atoms with Crippen molar-refractivity contribution in [2.45, 2.75) is 31.8 Å². The second-order valence-electron chi connectivity index (χ2n) is 3.17. The number of hydrogen-bond acceptors (Lipinski definition) is 1. The molecule has 0 spiro atoms. The van der Waals surface area contributed by atoms with Crippen LogP contribution in [-0.4, -0.2) is 11.2 Å². The fourth-order valence-electron chi connectivity index (χ4n) is 2.21. The first kappa shape index (κ1) is 4.80. The van der Waals surface area contributed by atoms with Crippen molar-refractivity contribution < 1.29 is 5.11 Å². The van der Waals surface area contributed by atoms with Crippen molar-refractivity contribution in [2.75, 3.05) is 0 Å². The highest BCUT2D eigenvalue weighted by atomic mass is 16.3. The van der Waals surface area contributed by atoms with Gasteiger partial charge in [0.1, 0.15) is 0 Å². The molecule has 2 aliphatic rings. The molecule has 1 nitrogen and oxygen atoms in total. The van der Waals surface area contributed by atoms with Crippen LogP contribution in [0.1, 0.15) is 25.7 Å². The molecule has 0 aromatic heterocycles. The fourth-order valence-corrected chi connectivity index (χ4v) is 2.21. The van der Waals surface area contributed by atoms with Crippen LogP contribution in [0.25, 0.3) is 0 Å². The predicted molar refractivity (Wildman–Crippen MR) is 31.5 cm³/mol. The maximum atomic E-state index is 9.33. The van der Waals surface area contributed by atoms with Crippen molar-refractivity contribution in [1.29, 1.82) is 0 Å². The van der Waals surface area contributed by atoms with E-state index in [0.717, 1.165) is 0 Å². The van der Waals surface area contributed by atoms with Crippen LogP contribution in [0.2, 0.25) is 0 Å². The highest BCUT2D eigenvalue weighted by Crippen LogP contribution is 2.44. The van der Waals surface area contributed by atoms with E-state index in [2.05, 4.69) is 0 Å². The molecule has 0 aromatic rings. The third-order valence-electron chi connectivity index (χ3n) is 2.78. The molecule has 2 fully saturated rings. The number of rotatable bonds is 0. The van der Waals surface area contributed by atoms with Gasteiger partial charge in [0.25, 0.3) is 0 Å². The SMILES string of the molecule is OC1C2CCC1CC2. The zero-order valence-electron chi connectivity index (χ0n) is 5.01. The number of hydrogen-bond donors (Lipinski definition) is 1. The van der Waals surface area contributed by atoms with Gasteiger partial charge in [0.05, 0.1) is 6.10 Å². The smallest absolute Gasteiger partial charge is 0.0596 e. The molecule has 0 aliphatic heterocycles. The fraction of sp³-hybridized carbons (Fsp3) is 1.00. The van der Waals surface area contributed by atoms with E-state index in [4.69, 9.17) is 0 Å². The topological polar surface area (TPSA) is 20.2 Å². The minimum Gasteiger partial charge on any atom is -0.393 e. The Balaban J connectivity index is 2.16. The van der Waals surface area contributed by atoms with Crippen molar-refractivity contribution in [1.82, 2.24) is 0 Å². The van der Waals surface area contributed by atoms with Crippen LogP contribution in [0.4, 0.5) is 0 Å². The van der Waals surface area contributed by atoms with Gasteiger partial charge in [-0.05, 0) is 37.5 Å². The van der Waals surface area contributed by atoms with E-state index < -0.39 is 0 Å². The van der Waals surface area contributed by atoms with Crippen LogP contribution in [0, 0.1) is 11.8 Å². The molecule has 0 radical (unpaired) electrons. The zero-order chi connectivity index (χ0) is 5.56. The summed E-state index contributed by atoms with van der Waals surface area (Å²) in [4.78, 5) is 0. The maximum Gasteiger partial charge on any atom is 0.0596 e. The highest BCUT2D eigenvalue weighted by Gasteiger charge is 2.39. The summed E-state index contributed by atoms with van der Waals surface area (Å²) in [6.07, 6.45) is 5.28. The minimum absolute atomic E-state index is 0.0926. The first-order valence-corrected chi connectivity index (χ1v) is 3.56. The van der Waals surface area contributed by atoms with E-state index in [1.807, 2.05) is 0 Å². The van der Waals surface area contributed by atoms with E-state index >= 15 is 0 Å². The Morgan fingerprint density at radius 1 is 0.875 bits per heavy atom. The minimum atomic E-state index is 0.0926. The Hall–Kier alpha value is -0.0400. The summed E-state index contributed by atoms with van der Waals surface area (Å²) < 4.78 is 0. The van der Waals surface area contributed by atoms with Gasteiger partial charge in [-0.25, -0.2) is 0 Å². The number of fused-ring (bicyclic) bond motifs is 2. The largest absolute Gasteiger partial charge is 0.393 e. The second kappa shape index (κ2) is 1.47. The molecule has 46 valence electrons. The van der Waals surface area contributed by atoms with Gasteiger partial charge in [-0.1, -0.05) is 0 Å². The van der Waals surface area contributed by atoms with Gasteiger partial charge in [0.15, 0.2) is 0 Å². The van der Waals surface area contributed by atoms with E-state index in [1.54, 1.807) is 0 Å². The van der Waals surface area contributed by atoms with Crippen molar-refractivity contribution in [2.24, 2.45) is 11.8 Å². The number of aliphatic hydroxyl groups is 1. The third kappa shape index (κ3) is 0.455. The first-order chi connectivity index (χ1) is 3.88. The summed E-state index contributed by atoms with van der Waals surface area (Å²) in [5.74, 6) is 1.39. The van der Waals surface area contributed by atoms with Gasteiger partial charge < -0.3 is 5.11 Å². The summed E-state index contributed by atoms with van der Waals surface area (Å²) in [5, 5.41) is 9.33. The Morgan fingerprint density at radius 3 is 1.38 bits per heavy atom. The monoisotopic (exact) mass is 112 g/mol. The van der Waals surface area contributed by atoms with Gasteiger partial charge in [0, 0.05) is 0 Å². The molecular formula is C7H12O. The lowest BCUT2D eigenvalue weighted by Gasteiger charge is -2.04. The molecule has 2 rings (SSSR count). The van der Waals surface area contributed by atoms with Crippen molar-refractivity contribution >= 4 is 0 Å². The van der Waals surface area contributed by atoms with Crippen LogP contribution in [0.3, 0.4) is 0 Å². The van der Waals surface area contributed by atoms with E-state index in [9.17, 15) is 5.11 Å². The third-order valence-corrected chi connectivity index (χ3v) is 2.78. The predicted octanol–water partition coefficient (Wildman–Crippen LogP) is 1.17. The molecule has 1 heteroatoms. The highest BCUT2D eigenvalue weighted by molar-refractivity contribution is 4.91. The normalized spacial score (nSPS) is 52.9. The van der Waals surface area contributed by atoms with Crippen molar-refractivity contribution in [3.63, 3.8) is 0 Å². The second-order valence-corrected chi connectivity index (χ2v) is 3.17. The Morgan fingerprint density at radius 2 is 1.25 bits per heavy atom. The van der Waals surface area contributed by atoms with Gasteiger partial charge in [-0.3, -0.25) is 0 Å². The lowest BCUT2D eigenvalue weighted by atomic mass is 10.0. The average Bonchev–Trinajstić information content (AvgIpc) is 2.29. The van der Waals surface area contributed by atoms with E-state index in [1.165, 1.54) is 25.7 Å². The zero-order valence-corrected chi connectivity index (χ0v) is 5.01. The molecule has 2 saturated carbocycles. The van der Waals surface area contributed by atoms with Crippen LogP contribution in [-0.2, 0) is 0 Å². The van der Waals surface area contributed by atoms with E-state index in [0.29, 0.717) is 11.8 Å². The standard InChI is InChI=1S/C7H12O/c8-7-5-1-2-6(7)4-3-5/h5-8H,1-4H2.